The molecule has 0 aromatic carbocycles. The van der Waals surface area contributed by atoms with Gasteiger partial charge in [0, 0.05) is 18.8 Å². The molecule has 0 radical (unpaired) electrons. The third-order valence-corrected chi connectivity index (χ3v) is 3.30. The largest absolute Gasteiger partial charge is 0.373 e. The fraction of sp³-hybridized carbons (Fsp3) is 0.692. The topological polar surface area (TPSA) is 59.4 Å². The second-order valence-corrected chi connectivity index (χ2v) is 4.97. The van der Waals surface area contributed by atoms with E-state index < -0.39 is 0 Å². The van der Waals surface area contributed by atoms with Crippen molar-refractivity contribution in [3.05, 3.63) is 17.5 Å². The third-order valence-electron chi connectivity index (χ3n) is 3.30. The lowest BCUT2D eigenvalue weighted by atomic mass is 10.2. The van der Waals surface area contributed by atoms with Crippen molar-refractivity contribution in [3.63, 3.8) is 0 Å². The number of carbonyl (C=O) groups excluding carboxylic acids is 1. The fourth-order valence-corrected chi connectivity index (χ4v) is 2.37. The van der Waals surface area contributed by atoms with Crippen LogP contribution in [0.3, 0.4) is 0 Å². The molecule has 2 rings (SSSR count). The van der Waals surface area contributed by atoms with Crippen molar-refractivity contribution in [2.45, 2.75) is 26.5 Å². The van der Waals surface area contributed by atoms with E-state index in [1.165, 1.54) is 0 Å². The zero-order valence-corrected chi connectivity index (χ0v) is 11.8. The molecule has 106 valence electrons. The monoisotopic (exact) mass is 266 g/mol. The molecule has 0 spiro atoms. The molecule has 1 N–H and O–H groups in total. The molecule has 1 unspecified atom stereocenters. The molecule has 2 heterocycles. The van der Waals surface area contributed by atoms with Gasteiger partial charge >= 0.3 is 0 Å². The number of rotatable bonds is 4. The number of morpholine rings is 1. The average molecular weight is 266 g/mol. The Balaban J connectivity index is 1.94. The van der Waals surface area contributed by atoms with Crippen LogP contribution in [0.4, 0.5) is 0 Å². The molecule has 1 aliphatic heterocycles. The van der Waals surface area contributed by atoms with Crippen LogP contribution in [-0.4, -0.2) is 60.0 Å². The molecule has 0 bridgehead atoms. The van der Waals surface area contributed by atoms with Gasteiger partial charge in [-0.05, 0) is 27.0 Å². The molecule has 1 aromatic rings. The van der Waals surface area contributed by atoms with Gasteiger partial charge in [0.15, 0.2) is 0 Å². The molecule has 6 nitrogen and oxygen atoms in total. The van der Waals surface area contributed by atoms with Crippen molar-refractivity contribution >= 4 is 5.91 Å². The molecule has 1 amide bonds. The van der Waals surface area contributed by atoms with E-state index in [9.17, 15) is 4.79 Å². The van der Waals surface area contributed by atoms with Crippen LogP contribution >= 0.6 is 0 Å². The minimum absolute atomic E-state index is 0.0209. The van der Waals surface area contributed by atoms with Gasteiger partial charge in [-0.2, -0.15) is 5.10 Å². The van der Waals surface area contributed by atoms with Crippen molar-refractivity contribution < 1.29 is 9.53 Å². The summed E-state index contributed by atoms with van der Waals surface area (Å²) in [6.45, 7) is 7.00. The van der Waals surface area contributed by atoms with Gasteiger partial charge in [-0.3, -0.25) is 9.48 Å². The highest BCUT2D eigenvalue weighted by molar-refractivity contribution is 5.78. The Morgan fingerprint density at radius 3 is 3.00 bits per heavy atom. The first-order valence-electron chi connectivity index (χ1n) is 6.65. The van der Waals surface area contributed by atoms with Gasteiger partial charge in [0.1, 0.15) is 0 Å². The number of hydrogen-bond acceptors (Lipinski definition) is 4. The highest BCUT2D eigenvalue weighted by Gasteiger charge is 2.24. The van der Waals surface area contributed by atoms with E-state index in [4.69, 9.17) is 4.74 Å². The maximum atomic E-state index is 11.9. The summed E-state index contributed by atoms with van der Waals surface area (Å²) in [5.74, 6) is 0.129. The Labute approximate surface area is 113 Å². The number of aromatic nitrogens is 2. The molecule has 19 heavy (non-hydrogen) atoms. The van der Waals surface area contributed by atoms with Gasteiger partial charge in [-0.1, -0.05) is 0 Å². The first kappa shape index (κ1) is 14.0. The van der Waals surface area contributed by atoms with Crippen molar-refractivity contribution in [2.75, 3.05) is 33.3 Å². The van der Waals surface area contributed by atoms with Crippen LogP contribution < -0.4 is 5.32 Å². The molecule has 0 saturated carbocycles. The summed E-state index contributed by atoms with van der Waals surface area (Å²) in [5.41, 5.74) is 2.14. The first-order chi connectivity index (χ1) is 9.10. The van der Waals surface area contributed by atoms with Gasteiger partial charge in [-0.25, -0.2) is 0 Å². The number of amides is 1. The third kappa shape index (κ3) is 3.54. The first-order valence-corrected chi connectivity index (χ1v) is 6.65. The maximum Gasteiger partial charge on any atom is 0.236 e. The molecule has 1 saturated heterocycles. The number of nitrogens with zero attached hydrogens (tertiary/aromatic N) is 3. The molecule has 1 aromatic heterocycles. The van der Waals surface area contributed by atoms with E-state index >= 15 is 0 Å². The van der Waals surface area contributed by atoms with Crippen LogP contribution in [0.2, 0.25) is 0 Å². The van der Waals surface area contributed by atoms with Gasteiger partial charge in [0.2, 0.25) is 5.91 Å². The minimum Gasteiger partial charge on any atom is -0.373 e. The van der Waals surface area contributed by atoms with E-state index in [2.05, 4.69) is 10.4 Å². The fourth-order valence-electron chi connectivity index (χ4n) is 2.37. The summed E-state index contributed by atoms with van der Waals surface area (Å²) in [5, 5.41) is 7.32. The molecule has 0 aliphatic carbocycles. The summed E-state index contributed by atoms with van der Waals surface area (Å²) in [6, 6.07) is 2.05. The number of likely N-dealkylation sites (N-methyl/N-ethyl adjacent to an activating group) is 1. The minimum atomic E-state index is 0.0209. The van der Waals surface area contributed by atoms with Crippen LogP contribution in [0.15, 0.2) is 6.07 Å². The molecule has 1 aliphatic rings. The lowest BCUT2D eigenvalue weighted by Crippen LogP contribution is -2.49. The predicted molar refractivity (Wildman–Crippen MR) is 71.9 cm³/mol. The zero-order chi connectivity index (χ0) is 13.8. The summed E-state index contributed by atoms with van der Waals surface area (Å²) in [4.78, 5) is 13.7. The summed E-state index contributed by atoms with van der Waals surface area (Å²) >= 11 is 0. The highest BCUT2D eigenvalue weighted by atomic mass is 16.5. The summed E-state index contributed by atoms with van der Waals surface area (Å²) in [6.07, 6.45) is 0.0209. The van der Waals surface area contributed by atoms with Crippen molar-refractivity contribution in [3.8, 4) is 0 Å². The average Bonchev–Trinajstić information content (AvgIpc) is 2.68. The van der Waals surface area contributed by atoms with Gasteiger partial charge in [0.25, 0.3) is 0 Å². The Bertz CT molecular complexity index is 444. The van der Waals surface area contributed by atoms with E-state index in [1.807, 2.05) is 29.5 Å². The molecular weight excluding hydrogens is 244 g/mol. The van der Waals surface area contributed by atoms with Crippen molar-refractivity contribution in [1.82, 2.24) is 20.0 Å². The lowest BCUT2D eigenvalue weighted by molar-refractivity contribution is -0.138. The van der Waals surface area contributed by atoms with Gasteiger partial charge < -0.3 is 15.0 Å². The Hall–Kier alpha value is -1.40. The van der Waals surface area contributed by atoms with E-state index in [1.54, 1.807) is 7.05 Å². The number of hydrogen-bond donors (Lipinski definition) is 1. The number of ether oxygens (including phenoxy) is 1. The van der Waals surface area contributed by atoms with Crippen LogP contribution in [0.5, 0.6) is 0 Å². The normalized spacial score (nSPS) is 19.7. The van der Waals surface area contributed by atoms with Crippen molar-refractivity contribution in [2.24, 2.45) is 0 Å². The summed E-state index contributed by atoms with van der Waals surface area (Å²) in [7, 11) is 1.78. The SMILES string of the molecule is CNCC(=O)N1CCOC(Cn2nc(C)cc2C)C1. The summed E-state index contributed by atoms with van der Waals surface area (Å²) < 4.78 is 7.68. The number of nitrogens with one attached hydrogen (secondary N) is 1. The maximum absolute atomic E-state index is 11.9. The molecule has 6 heteroatoms. The van der Waals surface area contributed by atoms with E-state index in [0.717, 1.165) is 11.4 Å². The Morgan fingerprint density at radius 1 is 1.58 bits per heavy atom. The molecule has 1 fully saturated rings. The zero-order valence-electron chi connectivity index (χ0n) is 11.8. The van der Waals surface area contributed by atoms with Crippen LogP contribution in [0, 0.1) is 13.8 Å². The second-order valence-electron chi connectivity index (χ2n) is 4.97. The van der Waals surface area contributed by atoms with Gasteiger partial charge in [0.05, 0.1) is 31.5 Å². The molecular formula is C13H22N4O2. The van der Waals surface area contributed by atoms with Gasteiger partial charge in [-0.15, -0.1) is 0 Å². The van der Waals surface area contributed by atoms with Crippen molar-refractivity contribution in [1.29, 1.82) is 0 Å². The number of aryl methyl sites for hydroxylation is 2. The van der Waals surface area contributed by atoms with E-state index in [0.29, 0.717) is 32.8 Å². The predicted octanol–water partition coefficient (Wildman–Crippen LogP) is -0.0533. The van der Waals surface area contributed by atoms with Crippen LogP contribution in [0.25, 0.3) is 0 Å². The van der Waals surface area contributed by atoms with Crippen LogP contribution in [-0.2, 0) is 16.1 Å². The Kier molecular flexibility index (Phi) is 4.55. The van der Waals surface area contributed by atoms with E-state index in [-0.39, 0.29) is 12.0 Å². The second kappa shape index (κ2) is 6.16. The van der Waals surface area contributed by atoms with Crippen LogP contribution in [0.1, 0.15) is 11.4 Å². The smallest absolute Gasteiger partial charge is 0.236 e. The standard InChI is InChI=1S/C13H22N4O2/c1-10-6-11(2)17(15-10)9-12-8-16(4-5-19-12)13(18)7-14-3/h6,12,14H,4-5,7-9H2,1-3H3. The number of carbonyl (C=O) groups is 1. The molecule has 1 atom stereocenters. The quantitative estimate of drug-likeness (QED) is 0.830. The Morgan fingerprint density at radius 2 is 2.37 bits per heavy atom. The highest BCUT2D eigenvalue weighted by Crippen LogP contribution is 2.10. The lowest BCUT2D eigenvalue weighted by Gasteiger charge is -2.33.